The Morgan fingerprint density at radius 2 is 2.13 bits per heavy atom. The summed E-state index contributed by atoms with van der Waals surface area (Å²) in [5.74, 6) is -0.279. The lowest BCUT2D eigenvalue weighted by molar-refractivity contribution is 0.0949. The van der Waals surface area contributed by atoms with Gasteiger partial charge in [-0.1, -0.05) is 12.1 Å². The van der Waals surface area contributed by atoms with Crippen LogP contribution in [-0.4, -0.2) is 30.9 Å². The van der Waals surface area contributed by atoms with Gasteiger partial charge in [-0.05, 0) is 49.0 Å². The third kappa shape index (κ3) is 4.18. The molecule has 3 N–H and O–H groups in total. The average Bonchev–Trinajstić information content (AvgIpc) is 3.26. The first-order chi connectivity index (χ1) is 11.2. The average molecular weight is 329 g/mol. The molecular formula is C17H19N3O2S. The van der Waals surface area contributed by atoms with Gasteiger partial charge in [0.05, 0.1) is 4.88 Å². The molecule has 6 heteroatoms. The number of nitrogens with one attached hydrogen (secondary N) is 3. The fourth-order valence-electron chi connectivity index (χ4n) is 2.59. The van der Waals surface area contributed by atoms with E-state index in [0.29, 0.717) is 28.7 Å². The van der Waals surface area contributed by atoms with E-state index < -0.39 is 0 Å². The number of anilines is 1. The van der Waals surface area contributed by atoms with Crippen LogP contribution < -0.4 is 16.0 Å². The maximum Gasteiger partial charge on any atom is 0.265 e. The van der Waals surface area contributed by atoms with Crippen molar-refractivity contribution in [1.29, 1.82) is 0 Å². The van der Waals surface area contributed by atoms with E-state index >= 15 is 0 Å². The van der Waals surface area contributed by atoms with E-state index in [4.69, 9.17) is 0 Å². The number of hydrogen-bond acceptors (Lipinski definition) is 4. The molecule has 3 rings (SSSR count). The lowest BCUT2D eigenvalue weighted by Gasteiger charge is -2.12. The molecule has 0 bridgehead atoms. The van der Waals surface area contributed by atoms with Crippen LogP contribution in [0.4, 0.5) is 5.69 Å². The van der Waals surface area contributed by atoms with Crippen LogP contribution in [0.15, 0.2) is 41.8 Å². The standard InChI is InChI=1S/C17H19N3O2S/c21-16(19-11-14-6-2-8-18-14)12-4-1-5-13(10-12)20-17(22)15-7-3-9-23-15/h1,3-5,7,9-10,14,18H,2,6,8,11H2,(H,19,21)(H,20,22). The highest BCUT2D eigenvalue weighted by molar-refractivity contribution is 7.12. The number of carbonyl (C=O) groups is 2. The summed E-state index contributed by atoms with van der Waals surface area (Å²) in [7, 11) is 0. The molecule has 0 saturated carbocycles. The van der Waals surface area contributed by atoms with E-state index in [1.54, 1.807) is 30.3 Å². The molecule has 1 atom stereocenters. The van der Waals surface area contributed by atoms with Crippen molar-refractivity contribution in [2.75, 3.05) is 18.4 Å². The zero-order valence-corrected chi connectivity index (χ0v) is 13.5. The van der Waals surface area contributed by atoms with Crippen LogP contribution in [0.1, 0.15) is 32.9 Å². The Morgan fingerprint density at radius 3 is 2.87 bits per heavy atom. The summed E-state index contributed by atoms with van der Waals surface area (Å²) in [5, 5.41) is 11.0. The van der Waals surface area contributed by atoms with Crippen LogP contribution in [0.2, 0.25) is 0 Å². The van der Waals surface area contributed by atoms with E-state index in [0.717, 1.165) is 19.4 Å². The third-order valence-corrected chi connectivity index (χ3v) is 4.67. The Balaban J connectivity index is 1.60. The van der Waals surface area contributed by atoms with Gasteiger partial charge in [-0.3, -0.25) is 9.59 Å². The number of thiophene rings is 1. The summed E-state index contributed by atoms with van der Waals surface area (Å²) >= 11 is 1.38. The molecule has 2 aromatic rings. The minimum Gasteiger partial charge on any atom is -0.350 e. The minimum absolute atomic E-state index is 0.120. The van der Waals surface area contributed by atoms with Gasteiger partial charge in [0.2, 0.25) is 0 Å². The van der Waals surface area contributed by atoms with Crippen LogP contribution in [0.3, 0.4) is 0 Å². The maximum atomic E-state index is 12.2. The highest BCUT2D eigenvalue weighted by Crippen LogP contribution is 2.15. The quantitative estimate of drug-likeness (QED) is 0.789. The van der Waals surface area contributed by atoms with Crippen LogP contribution >= 0.6 is 11.3 Å². The zero-order chi connectivity index (χ0) is 16.1. The van der Waals surface area contributed by atoms with Gasteiger partial charge in [-0.2, -0.15) is 0 Å². The second kappa shape index (κ2) is 7.39. The van der Waals surface area contributed by atoms with Crippen molar-refractivity contribution < 1.29 is 9.59 Å². The Labute approximate surface area is 139 Å². The number of hydrogen-bond donors (Lipinski definition) is 3. The van der Waals surface area contributed by atoms with E-state index in [1.165, 1.54) is 11.3 Å². The molecular weight excluding hydrogens is 310 g/mol. The van der Waals surface area contributed by atoms with Gasteiger partial charge in [0.1, 0.15) is 0 Å². The first-order valence-electron chi connectivity index (χ1n) is 7.69. The van der Waals surface area contributed by atoms with Gasteiger partial charge in [0.25, 0.3) is 11.8 Å². The second-order valence-electron chi connectivity index (χ2n) is 5.52. The van der Waals surface area contributed by atoms with Gasteiger partial charge in [-0.25, -0.2) is 0 Å². The van der Waals surface area contributed by atoms with Crippen molar-refractivity contribution >= 4 is 28.8 Å². The second-order valence-corrected chi connectivity index (χ2v) is 6.46. The van der Waals surface area contributed by atoms with Crippen molar-refractivity contribution in [3.05, 3.63) is 52.2 Å². The van der Waals surface area contributed by atoms with Crippen LogP contribution in [-0.2, 0) is 0 Å². The van der Waals surface area contributed by atoms with E-state index in [2.05, 4.69) is 16.0 Å². The normalized spacial score (nSPS) is 17.0. The SMILES string of the molecule is O=C(NCC1CCCN1)c1cccc(NC(=O)c2cccs2)c1. The smallest absolute Gasteiger partial charge is 0.265 e. The van der Waals surface area contributed by atoms with Crippen LogP contribution in [0.25, 0.3) is 0 Å². The molecule has 1 aromatic carbocycles. The highest BCUT2D eigenvalue weighted by atomic mass is 32.1. The molecule has 0 radical (unpaired) electrons. The predicted molar refractivity (Wildman–Crippen MR) is 92.1 cm³/mol. The summed E-state index contributed by atoms with van der Waals surface area (Å²) in [4.78, 5) is 24.9. The highest BCUT2D eigenvalue weighted by Gasteiger charge is 2.15. The minimum atomic E-state index is -0.160. The van der Waals surface area contributed by atoms with E-state index in [-0.39, 0.29) is 11.8 Å². The summed E-state index contributed by atoms with van der Waals surface area (Å²) < 4.78 is 0. The maximum absolute atomic E-state index is 12.2. The first kappa shape index (κ1) is 15.7. The Hall–Kier alpha value is -2.18. The molecule has 2 heterocycles. The first-order valence-corrected chi connectivity index (χ1v) is 8.57. The largest absolute Gasteiger partial charge is 0.350 e. The van der Waals surface area contributed by atoms with Gasteiger partial charge >= 0.3 is 0 Å². The molecule has 1 fully saturated rings. The summed E-state index contributed by atoms with van der Waals surface area (Å²) in [6, 6.07) is 11.0. The van der Waals surface area contributed by atoms with Crippen molar-refractivity contribution in [2.24, 2.45) is 0 Å². The number of rotatable bonds is 5. The lowest BCUT2D eigenvalue weighted by atomic mass is 10.1. The monoisotopic (exact) mass is 329 g/mol. The number of benzene rings is 1. The predicted octanol–water partition coefficient (Wildman–Crippen LogP) is 2.48. The molecule has 1 aromatic heterocycles. The Bertz CT molecular complexity index is 679. The van der Waals surface area contributed by atoms with Crippen molar-refractivity contribution in [3.8, 4) is 0 Å². The molecule has 1 saturated heterocycles. The van der Waals surface area contributed by atoms with Gasteiger partial charge < -0.3 is 16.0 Å². The lowest BCUT2D eigenvalue weighted by Crippen LogP contribution is -2.37. The van der Waals surface area contributed by atoms with E-state index in [1.807, 2.05) is 11.4 Å². The summed E-state index contributed by atoms with van der Waals surface area (Å²) in [5.41, 5.74) is 1.17. The van der Waals surface area contributed by atoms with Gasteiger partial charge in [0.15, 0.2) is 0 Å². The summed E-state index contributed by atoms with van der Waals surface area (Å²) in [6.07, 6.45) is 2.25. The number of amides is 2. The molecule has 120 valence electrons. The molecule has 1 unspecified atom stereocenters. The molecule has 5 nitrogen and oxygen atoms in total. The molecule has 23 heavy (non-hydrogen) atoms. The third-order valence-electron chi connectivity index (χ3n) is 3.80. The molecule has 1 aliphatic rings. The number of carbonyl (C=O) groups excluding carboxylic acids is 2. The fraction of sp³-hybridized carbons (Fsp3) is 0.294. The van der Waals surface area contributed by atoms with Crippen molar-refractivity contribution in [2.45, 2.75) is 18.9 Å². The molecule has 1 aliphatic heterocycles. The Morgan fingerprint density at radius 1 is 1.22 bits per heavy atom. The Kier molecular flexibility index (Phi) is 5.05. The zero-order valence-electron chi connectivity index (χ0n) is 12.7. The van der Waals surface area contributed by atoms with Crippen molar-refractivity contribution in [1.82, 2.24) is 10.6 Å². The van der Waals surface area contributed by atoms with Crippen LogP contribution in [0, 0.1) is 0 Å². The van der Waals surface area contributed by atoms with Gasteiger partial charge in [-0.15, -0.1) is 11.3 Å². The van der Waals surface area contributed by atoms with Gasteiger partial charge in [0, 0.05) is 23.8 Å². The fourth-order valence-corrected chi connectivity index (χ4v) is 3.21. The van der Waals surface area contributed by atoms with E-state index in [9.17, 15) is 9.59 Å². The topological polar surface area (TPSA) is 70.2 Å². The summed E-state index contributed by atoms with van der Waals surface area (Å²) in [6.45, 7) is 1.65. The molecule has 0 aliphatic carbocycles. The molecule has 2 amide bonds. The molecule has 0 spiro atoms. The van der Waals surface area contributed by atoms with Crippen LogP contribution in [0.5, 0.6) is 0 Å². The van der Waals surface area contributed by atoms with Crippen molar-refractivity contribution in [3.63, 3.8) is 0 Å².